The van der Waals surface area contributed by atoms with Crippen molar-refractivity contribution in [2.75, 3.05) is 18.8 Å². The van der Waals surface area contributed by atoms with Gasteiger partial charge in [0.1, 0.15) is 0 Å². The lowest BCUT2D eigenvalue weighted by Crippen LogP contribution is -2.47. The van der Waals surface area contributed by atoms with Crippen LogP contribution in [0.2, 0.25) is 0 Å². The molecule has 2 aromatic carbocycles. The number of fused-ring (bicyclic) bond motifs is 1. The molecule has 3 aliphatic rings. The second-order valence-electron chi connectivity index (χ2n) is 9.04. The smallest absolute Gasteiger partial charge is 0.212 e. The zero-order valence-corrected chi connectivity index (χ0v) is 17.7. The maximum atomic E-state index is 12.3. The molecule has 154 valence electrons. The monoisotopic (exact) mass is 410 g/mol. The van der Waals surface area contributed by atoms with Crippen LogP contribution in [0.15, 0.2) is 48.5 Å². The summed E-state index contributed by atoms with van der Waals surface area (Å²) in [5, 5.41) is 0. The number of nitrogens with zero attached hydrogens (tertiary/aromatic N) is 1. The molecule has 0 amide bonds. The van der Waals surface area contributed by atoms with Gasteiger partial charge in [-0.15, -0.1) is 0 Å². The van der Waals surface area contributed by atoms with Crippen LogP contribution >= 0.6 is 0 Å². The molecule has 2 aliphatic carbocycles. The molecule has 2 atom stereocenters. The van der Waals surface area contributed by atoms with E-state index in [1.54, 1.807) is 0 Å². The quantitative estimate of drug-likeness (QED) is 0.725. The van der Waals surface area contributed by atoms with Crippen LogP contribution in [0, 0.1) is 5.92 Å². The van der Waals surface area contributed by atoms with Gasteiger partial charge in [-0.1, -0.05) is 48.5 Å². The van der Waals surface area contributed by atoms with E-state index in [2.05, 4.69) is 58.2 Å². The highest BCUT2D eigenvalue weighted by Crippen LogP contribution is 2.40. The van der Waals surface area contributed by atoms with Crippen LogP contribution in [0.5, 0.6) is 0 Å². The van der Waals surface area contributed by atoms with E-state index in [-0.39, 0.29) is 5.75 Å². The number of likely N-dealkylation sites (tertiary alicyclic amines) is 1. The summed E-state index contributed by atoms with van der Waals surface area (Å²) in [5.41, 5.74) is 5.31. The van der Waals surface area contributed by atoms with Gasteiger partial charge in [0.15, 0.2) is 0 Å². The third kappa shape index (κ3) is 4.42. The van der Waals surface area contributed by atoms with Gasteiger partial charge in [0, 0.05) is 18.5 Å². The number of sulfonamides is 1. The van der Waals surface area contributed by atoms with Gasteiger partial charge in [-0.3, -0.25) is 4.90 Å². The Balaban J connectivity index is 1.35. The Hall–Kier alpha value is -1.69. The van der Waals surface area contributed by atoms with Crippen LogP contribution in [-0.4, -0.2) is 38.2 Å². The Bertz CT molecular complexity index is 966. The average Bonchev–Trinajstić information content (AvgIpc) is 3.41. The van der Waals surface area contributed by atoms with Crippen molar-refractivity contribution in [3.8, 4) is 0 Å². The lowest BCUT2D eigenvalue weighted by Gasteiger charge is -2.39. The zero-order chi connectivity index (χ0) is 19.8. The molecule has 5 rings (SSSR count). The van der Waals surface area contributed by atoms with Gasteiger partial charge in [0.2, 0.25) is 10.0 Å². The second-order valence-corrected chi connectivity index (χ2v) is 10.9. The van der Waals surface area contributed by atoms with Crippen LogP contribution < -0.4 is 4.72 Å². The summed E-state index contributed by atoms with van der Waals surface area (Å²) >= 11 is 0. The molecule has 2 fully saturated rings. The van der Waals surface area contributed by atoms with Crippen LogP contribution in [0.25, 0.3) is 0 Å². The predicted octanol–water partition coefficient (Wildman–Crippen LogP) is 3.47. The maximum Gasteiger partial charge on any atom is 0.212 e. The van der Waals surface area contributed by atoms with Crippen LogP contribution in [0.4, 0.5) is 0 Å². The molecule has 0 bridgehead atoms. The molecule has 4 nitrogen and oxygen atoms in total. The fraction of sp³-hybridized carbons (Fsp3) is 0.500. The first kappa shape index (κ1) is 19.3. The molecule has 0 spiro atoms. The van der Waals surface area contributed by atoms with Gasteiger partial charge >= 0.3 is 0 Å². The minimum absolute atomic E-state index is 0.283. The topological polar surface area (TPSA) is 49.4 Å². The molecule has 0 radical (unpaired) electrons. The van der Waals surface area contributed by atoms with Gasteiger partial charge in [-0.2, -0.15) is 0 Å². The Morgan fingerprint density at radius 2 is 1.79 bits per heavy atom. The molecule has 1 saturated heterocycles. The van der Waals surface area contributed by atoms with Crippen LogP contribution in [0.1, 0.15) is 47.4 Å². The Kier molecular flexibility index (Phi) is 5.23. The van der Waals surface area contributed by atoms with Crippen molar-refractivity contribution in [3.05, 3.63) is 70.8 Å². The SMILES string of the molecule is O=S(=O)(CC1CC1)NCc1ccc2c(c1)C(Cc1ccccc1)C(N1CCC1)C2. The highest BCUT2D eigenvalue weighted by molar-refractivity contribution is 7.89. The Labute approximate surface area is 174 Å². The van der Waals surface area contributed by atoms with Crippen LogP contribution in [0.3, 0.4) is 0 Å². The van der Waals surface area contributed by atoms with Crippen molar-refractivity contribution in [2.45, 2.75) is 50.6 Å². The van der Waals surface area contributed by atoms with Gasteiger partial charge in [-0.25, -0.2) is 13.1 Å². The minimum atomic E-state index is -3.17. The lowest BCUT2D eigenvalue weighted by atomic mass is 9.88. The largest absolute Gasteiger partial charge is 0.299 e. The number of benzene rings is 2. The van der Waals surface area contributed by atoms with Crippen LogP contribution in [-0.2, 0) is 29.4 Å². The molecule has 5 heteroatoms. The summed E-state index contributed by atoms with van der Waals surface area (Å²) in [6.07, 6.45) is 5.57. The van der Waals surface area contributed by atoms with Gasteiger partial charge in [-0.05, 0) is 73.4 Å². The van der Waals surface area contributed by atoms with E-state index in [4.69, 9.17) is 0 Å². The third-order valence-electron chi connectivity index (χ3n) is 6.81. The normalized spacial score (nSPS) is 24.3. The molecule has 1 aliphatic heterocycles. The van der Waals surface area contributed by atoms with Crippen molar-refractivity contribution in [1.29, 1.82) is 0 Å². The molecule has 2 aromatic rings. The highest BCUT2D eigenvalue weighted by atomic mass is 32.2. The van der Waals surface area contributed by atoms with E-state index in [1.807, 2.05) is 0 Å². The van der Waals surface area contributed by atoms with E-state index < -0.39 is 10.0 Å². The number of hydrogen-bond acceptors (Lipinski definition) is 3. The van der Waals surface area contributed by atoms with Crippen molar-refractivity contribution in [1.82, 2.24) is 9.62 Å². The zero-order valence-electron chi connectivity index (χ0n) is 16.9. The minimum Gasteiger partial charge on any atom is -0.299 e. The number of hydrogen-bond donors (Lipinski definition) is 1. The summed E-state index contributed by atoms with van der Waals surface area (Å²) in [4.78, 5) is 2.63. The molecule has 0 aromatic heterocycles. The maximum absolute atomic E-state index is 12.3. The van der Waals surface area contributed by atoms with Crippen molar-refractivity contribution >= 4 is 10.0 Å². The fourth-order valence-electron chi connectivity index (χ4n) is 4.88. The Morgan fingerprint density at radius 1 is 1.00 bits per heavy atom. The summed E-state index contributed by atoms with van der Waals surface area (Å²) in [7, 11) is -3.17. The second kappa shape index (κ2) is 7.86. The predicted molar refractivity (Wildman–Crippen MR) is 116 cm³/mol. The lowest BCUT2D eigenvalue weighted by molar-refractivity contribution is 0.106. The molecular formula is C24H30N2O2S. The fourth-order valence-corrected chi connectivity index (χ4v) is 6.34. The summed E-state index contributed by atoms with van der Waals surface area (Å²) in [6, 6.07) is 17.9. The van der Waals surface area contributed by atoms with Crippen molar-refractivity contribution < 1.29 is 8.42 Å². The number of rotatable bonds is 8. The van der Waals surface area contributed by atoms with Gasteiger partial charge < -0.3 is 0 Å². The first-order chi connectivity index (χ1) is 14.1. The summed E-state index contributed by atoms with van der Waals surface area (Å²) in [5.74, 6) is 1.14. The third-order valence-corrected chi connectivity index (χ3v) is 8.30. The average molecular weight is 411 g/mol. The first-order valence-corrected chi connectivity index (χ1v) is 12.6. The summed E-state index contributed by atoms with van der Waals surface area (Å²) < 4.78 is 27.3. The molecule has 2 unspecified atom stereocenters. The Morgan fingerprint density at radius 3 is 2.48 bits per heavy atom. The molecule has 1 heterocycles. The van der Waals surface area contributed by atoms with Crippen molar-refractivity contribution in [3.63, 3.8) is 0 Å². The van der Waals surface area contributed by atoms with E-state index in [0.29, 0.717) is 24.4 Å². The standard InChI is InChI=1S/C24H30N2O2S/c27-29(28,17-19-7-8-19)25-16-20-9-10-21-15-24(26-11-4-12-26)23(22(21)14-20)13-18-5-2-1-3-6-18/h1-3,5-6,9-10,14,19,23-25H,4,7-8,11-13,15-17H2. The van der Waals surface area contributed by atoms with E-state index in [0.717, 1.165) is 31.2 Å². The molecule has 1 saturated carbocycles. The van der Waals surface area contributed by atoms with Crippen molar-refractivity contribution in [2.24, 2.45) is 5.92 Å². The molecule has 1 N–H and O–H groups in total. The van der Waals surface area contributed by atoms with E-state index in [9.17, 15) is 8.42 Å². The number of nitrogens with one attached hydrogen (secondary N) is 1. The first-order valence-electron chi connectivity index (χ1n) is 10.9. The van der Waals surface area contributed by atoms with Gasteiger partial charge in [0.05, 0.1) is 5.75 Å². The van der Waals surface area contributed by atoms with E-state index >= 15 is 0 Å². The molecule has 29 heavy (non-hydrogen) atoms. The van der Waals surface area contributed by atoms with E-state index in [1.165, 1.54) is 36.2 Å². The highest BCUT2D eigenvalue weighted by Gasteiger charge is 2.38. The van der Waals surface area contributed by atoms with Gasteiger partial charge in [0.25, 0.3) is 0 Å². The molecular weight excluding hydrogens is 380 g/mol. The summed E-state index contributed by atoms with van der Waals surface area (Å²) in [6.45, 7) is 2.81.